The number of hydrogen-bond acceptors (Lipinski definition) is 4. The van der Waals surface area contributed by atoms with Gasteiger partial charge in [-0.25, -0.2) is 9.59 Å². The molecule has 0 aromatic heterocycles. The van der Waals surface area contributed by atoms with Crippen molar-refractivity contribution in [3.05, 3.63) is 34.3 Å². The molecule has 20 heavy (non-hydrogen) atoms. The van der Waals surface area contributed by atoms with E-state index in [1.54, 1.807) is 32.0 Å². The summed E-state index contributed by atoms with van der Waals surface area (Å²) in [5.41, 5.74) is 0.704. The van der Waals surface area contributed by atoms with Gasteiger partial charge in [-0.2, -0.15) is 0 Å². The first-order chi connectivity index (χ1) is 9.43. The van der Waals surface area contributed by atoms with Crippen LogP contribution in [0, 0.1) is 0 Å². The molecule has 1 rings (SSSR count). The van der Waals surface area contributed by atoms with E-state index in [-0.39, 0.29) is 0 Å². The predicted molar refractivity (Wildman–Crippen MR) is 77.5 cm³/mol. The van der Waals surface area contributed by atoms with E-state index in [1.807, 2.05) is 0 Å². The summed E-state index contributed by atoms with van der Waals surface area (Å²) in [6.45, 7) is 3.62. The quantitative estimate of drug-likeness (QED) is 0.635. The lowest BCUT2D eigenvalue weighted by Crippen LogP contribution is -2.26. The van der Waals surface area contributed by atoms with E-state index in [9.17, 15) is 9.59 Å². The first-order valence-corrected chi connectivity index (χ1v) is 6.77. The first-order valence-electron chi connectivity index (χ1n) is 5.98. The lowest BCUT2D eigenvalue weighted by Gasteiger charge is -2.14. The Labute approximate surface area is 125 Å². The first kappa shape index (κ1) is 16.2. The smallest absolute Gasteiger partial charge is 0.347 e. The second-order valence-corrected chi connectivity index (χ2v) is 4.73. The van der Waals surface area contributed by atoms with Gasteiger partial charge < -0.3 is 14.6 Å². The van der Waals surface area contributed by atoms with E-state index in [1.165, 1.54) is 6.08 Å². The summed E-state index contributed by atoms with van der Waals surface area (Å²) in [6, 6.07) is 5.05. The molecule has 0 spiro atoms. The van der Waals surface area contributed by atoms with Crippen LogP contribution >= 0.6 is 15.9 Å². The fourth-order valence-corrected chi connectivity index (χ4v) is 1.87. The van der Waals surface area contributed by atoms with Crippen LogP contribution in [0.4, 0.5) is 0 Å². The van der Waals surface area contributed by atoms with Gasteiger partial charge in [0.1, 0.15) is 5.75 Å². The molecule has 0 fully saturated rings. The van der Waals surface area contributed by atoms with Crippen LogP contribution in [-0.2, 0) is 14.3 Å². The molecular weight excluding hydrogens is 328 g/mol. The van der Waals surface area contributed by atoms with E-state index in [2.05, 4.69) is 15.9 Å². The summed E-state index contributed by atoms with van der Waals surface area (Å²) in [5.74, 6) is -0.968. The van der Waals surface area contributed by atoms with E-state index in [0.717, 1.165) is 6.08 Å². The summed E-state index contributed by atoms with van der Waals surface area (Å²) in [5, 5.41) is 8.55. The van der Waals surface area contributed by atoms with Crippen LogP contribution < -0.4 is 4.74 Å². The van der Waals surface area contributed by atoms with Crippen molar-refractivity contribution in [3.63, 3.8) is 0 Å². The fourth-order valence-electron chi connectivity index (χ4n) is 1.38. The number of benzene rings is 1. The van der Waals surface area contributed by atoms with Gasteiger partial charge >= 0.3 is 11.9 Å². The van der Waals surface area contributed by atoms with Gasteiger partial charge in [-0.05, 0) is 53.5 Å². The molecule has 0 aliphatic heterocycles. The Morgan fingerprint density at radius 3 is 2.70 bits per heavy atom. The van der Waals surface area contributed by atoms with Crippen molar-refractivity contribution in [3.8, 4) is 5.75 Å². The molecule has 0 aliphatic carbocycles. The van der Waals surface area contributed by atoms with Crippen LogP contribution in [0.1, 0.15) is 19.4 Å². The molecular formula is C14H15BrO5. The summed E-state index contributed by atoms with van der Waals surface area (Å²) in [4.78, 5) is 21.9. The Balaban J connectivity index is 2.78. The van der Waals surface area contributed by atoms with Crippen LogP contribution in [0.25, 0.3) is 6.08 Å². The Bertz CT molecular complexity index is 524. The molecule has 0 saturated heterocycles. The Hall–Kier alpha value is -1.82. The van der Waals surface area contributed by atoms with Crippen LogP contribution in [0.15, 0.2) is 28.7 Å². The third kappa shape index (κ3) is 5.05. The number of carbonyl (C=O) groups is 2. The van der Waals surface area contributed by atoms with Crippen molar-refractivity contribution in [2.24, 2.45) is 0 Å². The highest BCUT2D eigenvalue weighted by atomic mass is 79.9. The zero-order valence-electron chi connectivity index (χ0n) is 11.1. The van der Waals surface area contributed by atoms with Gasteiger partial charge in [-0.3, -0.25) is 0 Å². The highest BCUT2D eigenvalue weighted by Crippen LogP contribution is 2.27. The molecule has 0 heterocycles. The van der Waals surface area contributed by atoms with Crippen molar-refractivity contribution in [1.82, 2.24) is 0 Å². The molecule has 0 radical (unpaired) electrons. The Kier molecular flexibility index (Phi) is 6.24. The zero-order valence-corrected chi connectivity index (χ0v) is 12.7. The van der Waals surface area contributed by atoms with Crippen molar-refractivity contribution in [2.45, 2.75) is 20.0 Å². The molecule has 1 atom stereocenters. The van der Waals surface area contributed by atoms with Gasteiger partial charge in [0.2, 0.25) is 0 Å². The molecule has 6 heteroatoms. The second kappa shape index (κ2) is 7.69. The maximum atomic E-state index is 11.5. The maximum Gasteiger partial charge on any atom is 0.347 e. The number of esters is 1. The molecule has 108 valence electrons. The molecule has 5 nitrogen and oxygen atoms in total. The second-order valence-electron chi connectivity index (χ2n) is 3.87. The average molecular weight is 343 g/mol. The predicted octanol–water partition coefficient (Wildman–Crippen LogP) is 2.88. The number of carboxylic acids is 1. The van der Waals surface area contributed by atoms with Crippen LogP contribution in [0.3, 0.4) is 0 Å². The number of carboxylic acid groups (broad SMARTS) is 1. The molecule has 0 aliphatic rings. The van der Waals surface area contributed by atoms with E-state index >= 15 is 0 Å². The normalized spacial score (nSPS) is 12.2. The highest BCUT2D eigenvalue weighted by molar-refractivity contribution is 9.10. The third-order valence-corrected chi connectivity index (χ3v) is 2.92. The van der Waals surface area contributed by atoms with Crippen molar-refractivity contribution >= 4 is 33.9 Å². The Morgan fingerprint density at radius 2 is 2.15 bits per heavy atom. The lowest BCUT2D eigenvalue weighted by atomic mass is 10.2. The molecule has 1 aromatic rings. The molecule has 1 aromatic carbocycles. The minimum Gasteiger partial charge on any atom is -0.478 e. The van der Waals surface area contributed by atoms with Gasteiger partial charge in [-0.15, -0.1) is 0 Å². The minimum absolute atomic E-state index is 0.298. The van der Waals surface area contributed by atoms with E-state index < -0.39 is 18.0 Å². The molecule has 0 saturated carbocycles. The third-order valence-electron chi connectivity index (χ3n) is 2.30. The molecule has 1 N–H and O–H groups in total. The van der Waals surface area contributed by atoms with E-state index in [4.69, 9.17) is 14.6 Å². The van der Waals surface area contributed by atoms with Gasteiger partial charge in [0.15, 0.2) is 6.10 Å². The van der Waals surface area contributed by atoms with Gasteiger partial charge in [0, 0.05) is 6.08 Å². The summed E-state index contributed by atoms with van der Waals surface area (Å²) in [6.07, 6.45) is 1.79. The average Bonchev–Trinajstić information content (AvgIpc) is 2.39. The number of rotatable bonds is 6. The van der Waals surface area contributed by atoms with Crippen molar-refractivity contribution < 1.29 is 24.2 Å². The topological polar surface area (TPSA) is 72.8 Å². The maximum absolute atomic E-state index is 11.5. The summed E-state index contributed by atoms with van der Waals surface area (Å²) in [7, 11) is 0. The van der Waals surface area contributed by atoms with Gasteiger partial charge in [0.25, 0.3) is 0 Å². The zero-order chi connectivity index (χ0) is 15.1. The number of hydrogen-bond donors (Lipinski definition) is 1. The minimum atomic E-state index is -1.02. The van der Waals surface area contributed by atoms with Gasteiger partial charge in [-0.1, -0.05) is 6.07 Å². The highest BCUT2D eigenvalue weighted by Gasteiger charge is 2.16. The largest absolute Gasteiger partial charge is 0.478 e. The van der Waals surface area contributed by atoms with Crippen LogP contribution in [0.5, 0.6) is 5.75 Å². The number of aliphatic carboxylic acids is 1. The molecule has 0 amide bonds. The number of ether oxygens (including phenoxy) is 2. The Morgan fingerprint density at radius 1 is 1.45 bits per heavy atom. The standard InChI is InChI=1S/C14H15BrO5/c1-3-19-14(18)9(2)20-12-6-4-10(8-11(12)15)5-7-13(16)17/h4-9H,3H2,1-2H3,(H,16,17). The van der Waals surface area contributed by atoms with Crippen molar-refractivity contribution in [2.75, 3.05) is 6.61 Å². The lowest BCUT2D eigenvalue weighted by molar-refractivity contribution is -0.150. The monoisotopic (exact) mass is 342 g/mol. The van der Waals surface area contributed by atoms with Gasteiger partial charge in [0.05, 0.1) is 11.1 Å². The SMILES string of the molecule is CCOC(=O)C(C)Oc1ccc(C=CC(=O)O)cc1Br. The van der Waals surface area contributed by atoms with E-state index in [0.29, 0.717) is 22.4 Å². The summed E-state index contributed by atoms with van der Waals surface area (Å²) >= 11 is 3.31. The van der Waals surface area contributed by atoms with Crippen LogP contribution in [-0.4, -0.2) is 29.8 Å². The molecule has 1 unspecified atom stereocenters. The van der Waals surface area contributed by atoms with Crippen molar-refractivity contribution in [1.29, 1.82) is 0 Å². The molecule has 0 bridgehead atoms. The number of halogens is 1. The summed E-state index contributed by atoms with van der Waals surface area (Å²) < 4.78 is 11.0. The fraction of sp³-hybridized carbons (Fsp3) is 0.286. The number of carbonyl (C=O) groups excluding carboxylic acids is 1. The van der Waals surface area contributed by atoms with Crippen LogP contribution in [0.2, 0.25) is 0 Å².